The Balaban J connectivity index is 2.37. The Hall–Kier alpha value is -0.710. The molecule has 1 aromatic carbocycles. The molecule has 0 amide bonds. The fraction of sp³-hybridized carbons (Fsp3) is 0.455. The van der Waals surface area contributed by atoms with Gasteiger partial charge < -0.3 is 15.2 Å². The summed E-state index contributed by atoms with van der Waals surface area (Å²) in [6.07, 6.45) is 1.58. The molecule has 3 nitrogen and oxygen atoms in total. The highest BCUT2D eigenvalue weighted by Crippen LogP contribution is 2.17. The van der Waals surface area contributed by atoms with E-state index >= 15 is 0 Å². The van der Waals surface area contributed by atoms with Crippen molar-refractivity contribution < 1.29 is 9.84 Å². The van der Waals surface area contributed by atoms with E-state index in [2.05, 4.69) is 17.4 Å². The maximum atomic E-state index is 9.42. The van der Waals surface area contributed by atoms with Crippen molar-refractivity contribution in [2.24, 2.45) is 0 Å². The van der Waals surface area contributed by atoms with Crippen LogP contribution in [0.15, 0.2) is 29.2 Å². The van der Waals surface area contributed by atoms with Crippen LogP contribution in [-0.2, 0) is 4.74 Å². The summed E-state index contributed by atoms with van der Waals surface area (Å²) in [4.78, 5) is 1.23. The molecule has 0 aliphatic heterocycles. The summed E-state index contributed by atoms with van der Waals surface area (Å²) >= 11 is 1.71. The molecule has 2 N–H and O–H groups in total. The van der Waals surface area contributed by atoms with Crippen LogP contribution < -0.4 is 5.32 Å². The van der Waals surface area contributed by atoms with E-state index < -0.39 is 6.10 Å². The summed E-state index contributed by atoms with van der Waals surface area (Å²) in [5.74, 6) is 0. The minimum atomic E-state index is -0.463. The summed E-state index contributed by atoms with van der Waals surface area (Å²) in [7, 11) is 1.58. The van der Waals surface area contributed by atoms with Crippen LogP contribution >= 0.6 is 11.8 Å². The number of nitrogens with one attached hydrogen (secondary N) is 1. The number of hydrogen-bond acceptors (Lipinski definition) is 4. The molecule has 0 saturated carbocycles. The molecule has 1 unspecified atom stereocenters. The average Bonchev–Trinajstić information content (AvgIpc) is 2.27. The van der Waals surface area contributed by atoms with Crippen LogP contribution in [0.4, 0.5) is 5.69 Å². The van der Waals surface area contributed by atoms with Crippen molar-refractivity contribution in [1.29, 1.82) is 0 Å². The van der Waals surface area contributed by atoms with E-state index in [1.54, 1.807) is 18.9 Å². The smallest absolute Gasteiger partial charge is 0.0945 e. The van der Waals surface area contributed by atoms with Crippen LogP contribution in [-0.4, -0.2) is 37.7 Å². The van der Waals surface area contributed by atoms with E-state index in [-0.39, 0.29) is 0 Å². The van der Waals surface area contributed by atoms with E-state index in [4.69, 9.17) is 4.74 Å². The Morgan fingerprint density at radius 3 is 2.60 bits per heavy atom. The third kappa shape index (κ3) is 4.55. The molecule has 0 fully saturated rings. The molecule has 0 spiro atoms. The highest BCUT2D eigenvalue weighted by atomic mass is 32.2. The summed E-state index contributed by atoms with van der Waals surface area (Å²) in [5, 5.41) is 12.6. The van der Waals surface area contributed by atoms with Gasteiger partial charge in [0.05, 0.1) is 12.7 Å². The monoisotopic (exact) mass is 227 g/mol. The van der Waals surface area contributed by atoms with E-state index in [0.29, 0.717) is 13.2 Å². The third-order valence-corrected chi connectivity index (χ3v) is 2.73. The van der Waals surface area contributed by atoms with Crippen LogP contribution in [0.5, 0.6) is 0 Å². The molecule has 0 aliphatic carbocycles. The number of hydrogen-bond donors (Lipinski definition) is 2. The number of anilines is 1. The first-order valence-electron chi connectivity index (χ1n) is 4.81. The van der Waals surface area contributed by atoms with Crippen LogP contribution in [0.25, 0.3) is 0 Å². The number of methoxy groups -OCH3 is 1. The van der Waals surface area contributed by atoms with E-state index in [9.17, 15) is 5.11 Å². The van der Waals surface area contributed by atoms with Crippen molar-refractivity contribution in [1.82, 2.24) is 0 Å². The zero-order valence-electron chi connectivity index (χ0n) is 9.06. The highest BCUT2D eigenvalue weighted by Gasteiger charge is 2.02. The maximum Gasteiger partial charge on any atom is 0.0945 e. The van der Waals surface area contributed by atoms with Crippen molar-refractivity contribution in [2.45, 2.75) is 11.0 Å². The van der Waals surface area contributed by atoms with Gasteiger partial charge in [-0.1, -0.05) is 0 Å². The van der Waals surface area contributed by atoms with Crippen LogP contribution in [0.2, 0.25) is 0 Å². The normalized spacial score (nSPS) is 12.5. The average molecular weight is 227 g/mol. The summed E-state index contributed by atoms with van der Waals surface area (Å²) < 4.78 is 4.84. The topological polar surface area (TPSA) is 41.5 Å². The van der Waals surface area contributed by atoms with Gasteiger partial charge in [-0.3, -0.25) is 0 Å². The SMILES string of the molecule is COCC(O)CNc1ccc(SC)cc1. The number of aliphatic hydroxyl groups excluding tert-OH is 1. The second-order valence-corrected chi connectivity index (χ2v) is 4.10. The van der Waals surface area contributed by atoms with Gasteiger partial charge in [0.15, 0.2) is 0 Å². The van der Waals surface area contributed by atoms with Gasteiger partial charge in [0.25, 0.3) is 0 Å². The first-order valence-corrected chi connectivity index (χ1v) is 6.03. The first-order chi connectivity index (χ1) is 7.26. The van der Waals surface area contributed by atoms with Crippen molar-refractivity contribution >= 4 is 17.4 Å². The molecule has 1 rings (SSSR count). The van der Waals surface area contributed by atoms with Gasteiger partial charge in [-0.2, -0.15) is 0 Å². The Kier molecular flexibility index (Phi) is 5.53. The second-order valence-electron chi connectivity index (χ2n) is 3.22. The zero-order chi connectivity index (χ0) is 11.1. The van der Waals surface area contributed by atoms with E-state index in [1.165, 1.54) is 4.90 Å². The number of aliphatic hydroxyl groups is 1. The lowest BCUT2D eigenvalue weighted by Gasteiger charge is -2.11. The molecule has 15 heavy (non-hydrogen) atoms. The number of thioether (sulfide) groups is 1. The van der Waals surface area contributed by atoms with Gasteiger partial charge in [0.1, 0.15) is 0 Å². The highest BCUT2D eigenvalue weighted by molar-refractivity contribution is 7.98. The molecule has 84 valence electrons. The molecule has 0 saturated heterocycles. The summed E-state index contributed by atoms with van der Waals surface area (Å²) in [5.41, 5.74) is 1.02. The number of rotatable bonds is 6. The van der Waals surface area contributed by atoms with Gasteiger partial charge in [-0.05, 0) is 30.5 Å². The molecule has 1 aromatic rings. The molecule has 0 aliphatic rings. The largest absolute Gasteiger partial charge is 0.389 e. The molecule has 0 bridgehead atoms. The lowest BCUT2D eigenvalue weighted by molar-refractivity contribution is 0.0727. The van der Waals surface area contributed by atoms with Crippen LogP contribution in [0.3, 0.4) is 0 Å². The Bertz CT molecular complexity index is 276. The van der Waals surface area contributed by atoms with Gasteiger partial charge in [-0.25, -0.2) is 0 Å². The van der Waals surface area contributed by atoms with Crippen molar-refractivity contribution in [3.05, 3.63) is 24.3 Å². The lowest BCUT2D eigenvalue weighted by atomic mass is 10.3. The Morgan fingerprint density at radius 2 is 2.07 bits per heavy atom. The Labute approximate surface area is 94.8 Å². The van der Waals surface area contributed by atoms with Crippen molar-refractivity contribution in [3.8, 4) is 0 Å². The minimum absolute atomic E-state index is 0.357. The molecule has 0 heterocycles. The Morgan fingerprint density at radius 1 is 1.40 bits per heavy atom. The van der Waals surface area contributed by atoms with Crippen LogP contribution in [0, 0.1) is 0 Å². The molecule has 1 atom stereocenters. The first kappa shape index (κ1) is 12.4. The van der Waals surface area contributed by atoms with Crippen molar-refractivity contribution in [3.63, 3.8) is 0 Å². The van der Waals surface area contributed by atoms with E-state index in [0.717, 1.165) is 5.69 Å². The fourth-order valence-electron chi connectivity index (χ4n) is 1.20. The van der Waals surface area contributed by atoms with E-state index in [1.807, 2.05) is 18.4 Å². The molecule has 0 radical (unpaired) electrons. The minimum Gasteiger partial charge on any atom is -0.389 e. The predicted molar refractivity (Wildman–Crippen MR) is 64.6 cm³/mol. The van der Waals surface area contributed by atoms with Gasteiger partial charge in [0.2, 0.25) is 0 Å². The summed E-state index contributed by atoms with van der Waals surface area (Å²) in [6.45, 7) is 0.863. The third-order valence-electron chi connectivity index (χ3n) is 1.99. The quantitative estimate of drug-likeness (QED) is 0.728. The molecule has 4 heteroatoms. The lowest BCUT2D eigenvalue weighted by Crippen LogP contribution is -2.24. The predicted octanol–water partition coefficient (Wildman–Crippen LogP) is 1.83. The zero-order valence-corrected chi connectivity index (χ0v) is 9.88. The molecular formula is C11H17NO2S. The van der Waals surface area contributed by atoms with Gasteiger partial charge in [-0.15, -0.1) is 11.8 Å². The van der Waals surface area contributed by atoms with Crippen LogP contribution in [0.1, 0.15) is 0 Å². The second kappa shape index (κ2) is 6.71. The van der Waals surface area contributed by atoms with Gasteiger partial charge >= 0.3 is 0 Å². The molecular weight excluding hydrogens is 210 g/mol. The standard InChI is InChI=1S/C11H17NO2S/c1-14-8-10(13)7-12-9-3-5-11(15-2)6-4-9/h3-6,10,12-13H,7-8H2,1-2H3. The number of benzene rings is 1. The van der Waals surface area contributed by atoms with Crippen molar-refractivity contribution in [2.75, 3.05) is 31.8 Å². The summed E-state index contributed by atoms with van der Waals surface area (Å²) in [6, 6.07) is 8.11. The maximum absolute atomic E-state index is 9.42. The van der Waals surface area contributed by atoms with Gasteiger partial charge in [0, 0.05) is 24.2 Å². The number of ether oxygens (including phenoxy) is 1. The fourth-order valence-corrected chi connectivity index (χ4v) is 1.60. The molecule has 0 aromatic heterocycles.